The molecule has 2 aromatic rings. The molecule has 0 aliphatic carbocycles. The molecule has 4 heteroatoms. The van der Waals surface area contributed by atoms with Gasteiger partial charge in [-0.05, 0) is 68.0 Å². The summed E-state index contributed by atoms with van der Waals surface area (Å²) in [5.74, 6) is 2.17. The first-order chi connectivity index (χ1) is 17.0. The van der Waals surface area contributed by atoms with E-state index in [2.05, 4.69) is 60.3 Å². The van der Waals surface area contributed by atoms with Crippen molar-refractivity contribution in [1.29, 1.82) is 0 Å². The molecule has 0 saturated heterocycles. The van der Waals surface area contributed by atoms with Crippen LogP contribution >= 0.6 is 0 Å². The molecule has 0 saturated carbocycles. The van der Waals surface area contributed by atoms with Gasteiger partial charge in [-0.2, -0.15) is 0 Å². The molecular weight excluding hydrogens is 451 g/mol. The van der Waals surface area contributed by atoms with E-state index in [-0.39, 0.29) is 0 Å². The van der Waals surface area contributed by atoms with Crippen LogP contribution in [-0.4, -0.2) is 19.8 Å². The number of ether oxygens (including phenoxy) is 2. The van der Waals surface area contributed by atoms with Gasteiger partial charge in [-0.1, -0.05) is 92.7 Å². The predicted molar refractivity (Wildman–Crippen MR) is 159 cm³/mol. The number of alkyl halides is 1. The summed E-state index contributed by atoms with van der Waals surface area (Å²) < 4.78 is 22.5. The predicted octanol–water partition coefficient (Wildman–Crippen LogP) is 10.2. The zero-order chi connectivity index (χ0) is 29.1. The van der Waals surface area contributed by atoms with Crippen LogP contribution in [0.2, 0.25) is 0 Å². The van der Waals surface area contributed by atoms with Crippen molar-refractivity contribution in [3.63, 3.8) is 0 Å². The fraction of sp³-hybridized carbons (Fsp3) is 0.531. The highest BCUT2D eigenvalue weighted by molar-refractivity contribution is 5.58. The first-order valence-electron chi connectivity index (χ1n) is 13.1. The number of rotatable bonds is 6. The number of carbonyl (C=O) groups is 1. The van der Waals surface area contributed by atoms with E-state index >= 15 is 0 Å². The SMILES string of the molecule is C=C(OC)c1ccc(C)c(C)c1.CC.CC.CC(C)C.CC=O.CCCc1cccc(OC(C)F)c1. The Morgan fingerprint density at radius 3 is 1.86 bits per heavy atom. The Labute approximate surface area is 223 Å². The van der Waals surface area contributed by atoms with Gasteiger partial charge in [-0.3, -0.25) is 0 Å². The van der Waals surface area contributed by atoms with Gasteiger partial charge < -0.3 is 14.3 Å². The Morgan fingerprint density at radius 1 is 0.972 bits per heavy atom. The number of aryl methyl sites for hydroxylation is 3. The number of methoxy groups -OCH3 is 1. The monoisotopic (exact) mass is 506 g/mol. The molecule has 0 aromatic heterocycles. The highest BCUT2D eigenvalue weighted by Gasteiger charge is 2.01. The minimum Gasteiger partial charge on any atom is -0.497 e. The second-order valence-corrected chi connectivity index (χ2v) is 7.95. The molecule has 0 aliphatic heterocycles. The number of hydrogen-bond donors (Lipinski definition) is 0. The Hall–Kier alpha value is -2.62. The normalized spacial score (nSPS) is 9.42. The van der Waals surface area contributed by atoms with Gasteiger partial charge in [0.15, 0.2) is 0 Å². The lowest BCUT2D eigenvalue weighted by molar-refractivity contribution is -0.106. The molecule has 208 valence electrons. The molecule has 0 N–H and O–H groups in total. The lowest BCUT2D eigenvalue weighted by Crippen LogP contribution is -2.03. The highest BCUT2D eigenvalue weighted by Crippen LogP contribution is 2.17. The van der Waals surface area contributed by atoms with Gasteiger partial charge in [-0.25, -0.2) is 4.39 Å². The summed E-state index contributed by atoms with van der Waals surface area (Å²) in [6, 6.07) is 13.8. The van der Waals surface area contributed by atoms with Gasteiger partial charge in [0.1, 0.15) is 17.8 Å². The molecule has 36 heavy (non-hydrogen) atoms. The summed E-state index contributed by atoms with van der Waals surface area (Å²) >= 11 is 0. The molecule has 2 rings (SSSR count). The van der Waals surface area contributed by atoms with Crippen molar-refractivity contribution < 1.29 is 18.7 Å². The maximum absolute atomic E-state index is 12.5. The van der Waals surface area contributed by atoms with Gasteiger partial charge >= 0.3 is 0 Å². The van der Waals surface area contributed by atoms with E-state index in [0.29, 0.717) is 5.75 Å². The largest absolute Gasteiger partial charge is 0.497 e. The fourth-order valence-electron chi connectivity index (χ4n) is 2.28. The van der Waals surface area contributed by atoms with Crippen LogP contribution in [0.1, 0.15) is 97.9 Å². The zero-order valence-electron chi connectivity index (χ0n) is 25.5. The van der Waals surface area contributed by atoms with E-state index < -0.39 is 6.36 Å². The van der Waals surface area contributed by atoms with Crippen LogP contribution in [0.5, 0.6) is 5.75 Å². The van der Waals surface area contributed by atoms with Gasteiger partial charge in [0, 0.05) is 12.5 Å². The quantitative estimate of drug-likeness (QED) is 0.289. The van der Waals surface area contributed by atoms with Crippen LogP contribution in [0.4, 0.5) is 4.39 Å². The van der Waals surface area contributed by atoms with Crippen molar-refractivity contribution in [2.75, 3.05) is 7.11 Å². The minimum atomic E-state index is -1.24. The highest BCUT2D eigenvalue weighted by atomic mass is 19.1. The second-order valence-electron chi connectivity index (χ2n) is 7.95. The number of benzene rings is 2. The van der Waals surface area contributed by atoms with Crippen LogP contribution < -0.4 is 4.74 Å². The average Bonchev–Trinajstić information content (AvgIpc) is 2.83. The molecule has 0 amide bonds. The van der Waals surface area contributed by atoms with Crippen molar-refractivity contribution in [2.24, 2.45) is 5.92 Å². The summed E-state index contributed by atoms with van der Waals surface area (Å²) in [6.45, 7) is 27.4. The molecule has 0 heterocycles. The molecule has 0 aliphatic rings. The van der Waals surface area contributed by atoms with Gasteiger partial charge in [-0.15, -0.1) is 0 Å². The van der Waals surface area contributed by atoms with E-state index in [4.69, 9.17) is 14.3 Å². The lowest BCUT2D eigenvalue weighted by Gasteiger charge is -2.07. The molecule has 1 atom stereocenters. The van der Waals surface area contributed by atoms with Crippen LogP contribution in [0.25, 0.3) is 5.76 Å². The van der Waals surface area contributed by atoms with Gasteiger partial charge in [0.05, 0.1) is 7.11 Å². The third-order valence-electron chi connectivity index (χ3n) is 3.81. The van der Waals surface area contributed by atoms with Gasteiger partial charge in [0.2, 0.25) is 6.36 Å². The average molecular weight is 507 g/mol. The van der Waals surface area contributed by atoms with Crippen LogP contribution in [0, 0.1) is 19.8 Å². The van der Waals surface area contributed by atoms with E-state index in [1.54, 1.807) is 13.2 Å². The molecule has 0 radical (unpaired) electrons. The van der Waals surface area contributed by atoms with Crippen LogP contribution in [-0.2, 0) is 16.0 Å². The number of halogens is 1. The molecule has 0 fully saturated rings. The molecular formula is C32H55FO3. The van der Waals surface area contributed by atoms with E-state index in [9.17, 15) is 4.39 Å². The molecule has 0 bridgehead atoms. The third-order valence-corrected chi connectivity index (χ3v) is 3.81. The summed E-state index contributed by atoms with van der Waals surface area (Å²) in [6.07, 6.45) is 1.61. The minimum absolute atomic E-state index is 0.612. The Balaban J connectivity index is -0.000000205. The Morgan fingerprint density at radius 2 is 1.47 bits per heavy atom. The topological polar surface area (TPSA) is 35.5 Å². The number of aldehydes is 1. The third kappa shape index (κ3) is 26.0. The molecule has 3 nitrogen and oxygen atoms in total. The first-order valence-corrected chi connectivity index (χ1v) is 13.1. The molecule has 2 aromatic carbocycles. The van der Waals surface area contributed by atoms with E-state index in [1.807, 2.05) is 52.0 Å². The summed E-state index contributed by atoms with van der Waals surface area (Å²) in [5, 5.41) is 0. The fourth-order valence-corrected chi connectivity index (χ4v) is 2.28. The maximum Gasteiger partial charge on any atom is 0.235 e. The van der Waals surface area contributed by atoms with Crippen LogP contribution in [0.15, 0.2) is 49.0 Å². The number of carbonyl (C=O) groups excluding carboxylic acids is 1. The van der Waals surface area contributed by atoms with Crippen molar-refractivity contribution in [3.05, 3.63) is 71.3 Å². The number of hydrogen-bond acceptors (Lipinski definition) is 3. The van der Waals surface area contributed by atoms with Crippen molar-refractivity contribution in [2.45, 2.75) is 102 Å². The van der Waals surface area contributed by atoms with E-state index in [1.165, 1.54) is 30.5 Å². The second kappa shape index (κ2) is 28.6. The molecule has 0 spiro atoms. The summed E-state index contributed by atoms with van der Waals surface area (Å²) in [5.41, 5.74) is 4.81. The van der Waals surface area contributed by atoms with Crippen LogP contribution in [0.3, 0.4) is 0 Å². The van der Waals surface area contributed by atoms with Crippen molar-refractivity contribution in [3.8, 4) is 5.75 Å². The zero-order valence-corrected chi connectivity index (χ0v) is 25.5. The molecule has 1 unspecified atom stereocenters. The smallest absolute Gasteiger partial charge is 0.235 e. The van der Waals surface area contributed by atoms with Gasteiger partial charge in [0.25, 0.3) is 0 Å². The Bertz CT molecular complexity index is 765. The first kappa shape index (κ1) is 40.5. The Kier molecular flexibility index (Phi) is 32.2. The standard InChI is InChI=1S/C11H15FO.C11H14O.C4H10.C2H4O.2C2H6/c1-3-5-10-6-4-7-11(8-10)13-9(2)12;1-8-5-6-11(7-9(8)2)10(3)12-4;1-4(2)3;1-2-3;2*1-2/h4,6-9H,3,5H2,1-2H3;5-7H,3H2,1-2,4H3;4H,1-3H3;2H,1H3;2*1-2H3. The van der Waals surface area contributed by atoms with Crippen molar-refractivity contribution in [1.82, 2.24) is 0 Å². The summed E-state index contributed by atoms with van der Waals surface area (Å²) in [4.78, 5) is 8.81. The summed E-state index contributed by atoms with van der Waals surface area (Å²) in [7, 11) is 1.64. The lowest BCUT2D eigenvalue weighted by atomic mass is 10.1. The van der Waals surface area contributed by atoms with E-state index in [0.717, 1.165) is 36.4 Å². The van der Waals surface area contributed by atoms with Crippen molar-refractivity contribution >= 4 is 12.0 Å². The maximum atomic E-state index is 12.5.